The number of hydrogen-bond acceptors (Lipinski definition) is 3. The quantitative estimate of drug-likeness (QED) is 0.470. The molecule has 0 atom stereocenters. The van der Waals surface area contributed by atoms with Gasteiger partial charge < -0.3 is 4.74 Å². The van der Waals surface area contributed by atoms with Crippen molar-refractivity contribution in [3.05, 3.63) is 61.7 Å². The van der Waals surface area contributed by atoms with Crippen molar-refractivity contribution in [1.82, 2.24) is 0 Å². The van der Waals surface area contributed by atoms with Crippen molar-refractivity contribution in [3.8, 4) is 0 Å². The van der Waals surface area contributed by atoms with Crippen molar-refractivity contribution in [2.24, 2.45) is 5.92 Å². The maximum absolute atomic E-state index is 10.8. The summed E-state index contributed by atoms with van der Waals surface area (Å²) in [6.45, 7) is 13.0. The van der Waals surface area contributed by atoms with Crippen molar-refractivity contribution in [3.63, 3.8) is 0 Å². The fourth-order valence-electron chi connectivity index (χ4n) is 0.928. The van der Waals surface area contributed by atoms with Gasteiger partial charge in [0.15, 0.2) is 5.78 Å². The highest BCUT2D eigenvalue weighted by Gasteiger charge is 2.00. The lowest BCUT2D eigenvalue weighted by atomic mass is 10.1. The Morgan fingerprint density at radius 1 is 1.15 bits per heavy atom. The first-order chi connectivity index (χ1) is 9.02. The molecule has 1 aromatic carbocycles. The summed E-state index contributed by atoms with van der Waals surface area (Å²) in [4.78, 5) is 21.2. The number of carbonyl (C=O) groups is 2. The molecule has 3 heteroatoms. The summed E-state index contributed by atoms with van der Waals surface area (Å²) in [5.74, 6) is -0.0712. The van der Waals surface area contributed by atoms with Gasteiger partial charge >= 0.3 is 5.97 Å². The van der Waals surface area contributed by atoms with Gasteiger partial charge in [0.25, 0.3) is 0 Å². The van der Waals surface area contributed by atoms with Crippen LogP contribution in [0.3, 0.4) is 0 Å². The highest BCUT2D eigenvalue weighted by Crippen LogP contribution is 1.98. The number of esters is 1. The van der Waals surface area contributed by atoms with Gasteiger partial charge in [-0.15, -0.1) is 13.2 Å². The smallest absolute Gasteiger partial charge is 0.337 e. The van der Waals surface area contributed by atoms with E-state index >= 15 is 0 Å². The topological polar surface area (TPSA) is 43.4 Å². The molecule has 0 saturated carbocycles. The number of carbonyl (C=O) groups excluding carboxylic acids is 2. The molecule has 0 amide bonds. The Morgan fingerprint density at radius 3 is 1.85 bits per heavy atom. The zero-order valence-corrected chi connectivity index (χ0v) is 11.9. The van der Waals surface area contributed by atoms with E-state index in [9.17, 15) is 9.59 Å². The Labute approximate surface area is 123 Å². The number of allylic oxidation sites excluding steroid dienone is 1. The minimum absolute atomic E-state index is 0. The molecule has 1 rings (SSSR count). The third-order valence-electron chi connectivity index (χ3n) is 1.97. The maximum atomic E-state index is 10.8. The van der Waals surface area contributed by atoms with Crippen molar-refractivity contribution >= 4 is 11.8 Å². The molecule has 0 spiro atoms. The predicted octanol–water partition coefficient (Wildman–Crippen LogP) is 4.31. The van der Waals surface area contributed by atoms with Gasteiger partial charge in [0, 0.05) is 5.92 Å². The summed E-state index contributed by atoms with van der Waals surface area (Å²) < 4.78 is 4.50. The molecule has 0 bridgehead atoms. The SMILES string of the molecule is C.C=C.C=CC(=O)C(C)C.COC(=O)c1ccccc1. The van der Waals surface area contributed by atoms with Crippen LogP contribution in [0.15, 0.2) is 56.1 Å². The van der Waals surface area contributed by atoms with Gasteiger partial charge in [-0.1, -0.05) is 46.1 Å². The van der Waals surface area contributed by atoms with Gasteiger partial charge in [-0.05, 0) is 18.2 Å². The van der Waals surface area contributed by atoms with Crippen LogP contribution in [0.4, 0.5) is 0 Å². The Bertz CT molecular complexity index is 380. The third kappa shape index (κ3) is 11.0. The summed E-state index contributed by atoms with van der Waals surface area (Å²) in [6, 6.07) is 8.88. The van der Waals surface area contributed by atoms with Crippen LogP contribution in [0.1, 0.15) is 31.6 Å². The predicted molar refractivity (Wildman–Crippen MR) is 85.8 cm³/mol. The third-order valence-corrected chi connectivity index (χ3v) is 1.97. The standard InChI is InChI=1S/C8H8O2.C6H10O.C2H4.CH4/c1-10-8(9)7-5-3-2-4-6-7;1-4-6(7)5(2)3;1-2;/h2-6H,1H3;4-5H,1H2,2-3H3;1-2H2;1H4. The number of ketones is 1. The zero-order valence-electron chi connectivity index (χ0n) is 11.9. The Balaban J connectivity index is -0.000000258. The van der Waals surface area contributed by atoms with E-state index in [2.05, 4.69) is 24.5 Å². The molecule has 0 aliphatic carbocycles. The van der Waals surface area contributed by atoms with E-state index in [0.29, 0.717) is 5.56 Å². The minimum atomic E-state index is -0.291. The zero-order chi connectivity index (χ0) is 15.3. The van der Waals surface area contributed by atoms with Crippen LogP contribution in [0.5, 0.6) is 0 Å². The first kappa shape index (κ1) is 23.0. The average molecular weight is 278 g/mol. The van der Waals surface area contributed by atoms with Crippen LogP contribution >= 0.6 is 0 Å². The largest absolute Gasteiger partial charge is 0.465 e. The summed E-state index contributed by atoms with van der Waals surface area (Å²) in [5, 5.41) is 0. The molecule has 0 fully saturated rings. The van der Waals surface area contributed by atoms with Crippen LogP contribution in [-0.4, -0.2) is 18.9 Å². The van der Waals surface area contributed by atoms with Crippen LogP contribution in [0.2, 0.25) is 0 Å². The Kier molecular flexibility index (Phi) is 17.1. The van der Waals surface area contributed by atoms with Gasteiger partial charge in [-0.3, -0.25) is 4.79 Å². The highest BCUT2D eigenvalue weighted by molar-refractivity contribution is 5.90. The average Bonchev–Trinajstić information content (AvgIpc) is 2.49. The monoisotopic (exact) mass is 278 g/mol. The van der Waals surface area contributed by atoms with E-state index < -0.39 is 0 Å². The maximum Gasteiger partial charge on any atom is 0.337 e. The first-order valence-electron chi connectivity index (χ1n) is 5.82. The lowest BCUT2D eigenvalue weighted by Crippen LogP contribution is -2.00. The molecule has 112 valence electrons. The second kappa shape index (κ2) is 14.9. The molecule has 0 aliphatic heterocycles. The summed E-state index contributed by atoms with van der Waals surface area (Å²) in [6.07, 6.45) is 1.35. The number of benzene rings is 1. The van der Waals surface area contributed by atoms with Gasteiger partial charge in [0.1, 0.15) is 0 Å². The van der Waals surface area contributed by atoms with Crippen LogP contribution in [0, 0.1) is 5.92 Å². The van der Waals surface area contributed by atoms with Gasteiger partial charge in [-0.2, -0.15) is 0 Å². The molecule has 20 heavy (non-hydrogen) atoms. The summed E-state index contributed by atoms with van der Waals surface area (Å²) in [5.41, 5.74) is 0.588. The molecule has 0 saturated heterocycles. The molecule has 0 radical (unpaired) electrons. The molecule has 0 heterocycles. The molecular formula is C17H26O3. The van der Waals surface area contributed by atoms with Crippen molar-refractivity contribution in [1.29, 1.82) is 0 Å². The minimum Gasteiger partial charge on any atom is -0.465 e. The number of rotatable bonds is 3. The molecule has 1 aromatic rings. The lowest BCUT2D eigenvalue weighted by Gasteiger charge is -1.95. The normalized spacial score (nSPS) is 7.80. The molecule has 3 nitrogen and oxygen atoms in total. The molecule has 0 unspecified atom stereocenters. The summed E-state index contributed by atoms with van der Waals surface area (Å²) in [7, 11) is 1.37. The van der Waals surface area contributed by atoms with Crippen molar-refractivity contribution in [2.45, 2.75) is 21.3 Å². The van der Waals surface area contributed by atoms with Gasteiger partial charge in [-0.25, -0.2) is 4.79 Å². The van der Waals surface area contributed by atoms with Crippen LogP contribution in [-0.2, 0) is 9.53 Å². The first-order valence-corrected chi connectivity index (χ1v) is 5.82. The van der Waals surface area contributed by atoms with Gasteiger partial charge in [0.2, 0.25) is 0 Å². The second-order valence-electron chi connectivity index (χ2n) is 3.62. The lowest BCUT2D eigenvalue weighted by molar-refractivity contribution is -0.117. The van der Waals surface area contributed by atoms with E-state index in [0.717, 1.165) is 0 Å². The number of ether oxygens (including phenoxy) is 1. The fourth-order valence-corrected chi connectivity index (χ4v) is 0.928. The number of hydrogen-bond donors (Lipinski definition) is 0. The van der Waals surface area contributed by atoms with E-state index in [4.69, 9.17) is 0 Å². The Hall–Kier alpha value is -2.16. The van der Waals surface area contributed by atoms with Crippen LogP contribution < -0.4 is 0 Å². The molecule has 0 N–H and O–H groups in total. The summed E-state index contributed by atoms with van der Waals surface area (Å²) >= 11 is 0. The fraction of sp³-hybridized carbons (Fsp3) is 0.294. The number of methoxy groups -OCH3 is 1. The Morgan fingerprint density at radius 2 is 1.60 bits per heavy atom. The molecular weight excluding hydrogens is 252 g/mol. The second-order valence-corrected chi connectivity index (χ2v) is 3.62. The van der Waals surface area contributed by atoms with E-state index in [-0.39, 0.29) is 25.1 Å². The van der Waals surface area contributed by atoms with E-state index in [1.54, 1.807) is 24.3 Å². The van der Waals surface area contributed by atoms with E-state index in [1.807, 2.05) is 19.9 Å². The van der Waals surface area contributed by atoms with Crippen molar-refractivity contribution in [2.75, 3.05) is 7.11 Å². The highest BCUT2D eigenvalue weighted by atomic mass is 16.5. The molecule has 0 aromatic heterocycles. The van der Waals surface area contributed by atoms with Crippen molar-refractivity contribution < 1.29 is 14.3 Å². The van der Waals surface area contributed by atoms with E-state index in [1.165, 1.54) is 13.2 Å². The van der Waals surface area contributed by atoms with Crippen LogP contribution in [0.25, 0.3) is 0 Å². The van der Waals surface area contributed by atoms with Gasteiger partial charge in [0.05, 0.1) is 12.7 Å². The molecule has 0 aliphatic rings.